The van der Waals surface area contributed by atoms with Crippen LogP contribution in [0, 0.1) is 24.7 Å². The van der Waals surface area contributed by atoms with E-state index in [0.29, 0.717) is 6.61 Å². The zero-order valence-electron chi connectivity index (χ0n) is 15.0. The van der Waals surface area contributed by atoms with Crippen molar-refractivity contribution in [3.63, 3.8) is 0 Å². The number of hydrogen-bond donors (Lipinski definition) is 1. The smallest absolute Gasteiger partial charge is 0.304 e. The van der Waals surface area contributed by atoms with Crippen LogP contribution < -0.4 is 4.74 Å². The molecule has 0 saturated heterocycles. The van der Waals surface area contributed by atoms with E-state index in [4.69, 9.17) is 9.84 Å². The van der Waals surface area contributed by atoms with E-state index in [9.17, 15) is 4.79 Å². The highest BCUT2D eigenvalue weighted by Crippen LogP contribution is 2.23. The predicted molar refractivity (Wildman–Crippen MR) is 99.6 cm³/mol. The number of carboxylic acid groups (broad SMARTS) is 1. The molecule has 0 bridgehead atoms. The van der Waals surface area contributed by atoms with Crippen molar-refractivity contribution in [2.24, 2.45) is 5.92 Å². The Labute approximate surface area is 149 Å². The molecule has 2 rings (SSSR count). The minimum Gasteiger partial charge on any atom is -0.489 e. The first kappa shape index (κ1) is 18.6. The number of rotatable bonds is 6. The van der Waals surface area contributed by atoms with Crippen LogP contribution in [0.25, 0.3) is 0 Å². The van der Waals surface area contributed by atoms with E-state index in [2.05, 4.69) is 24.8 Å². The van der Waals surface area contributed by atoms with Gasteiger partial charge in [-0.3, -0.25) is 4.79 Å². The van der Waals surface area contributed by atoms with Crippen molar-refractivity contribution in [1.82, 2.24) is 0 Å². The summed E-state index contributed by atoms with van der Waals surface area (Å²) < 4.78 is 5.83. The van der Waals surface area contributed by atoms with Crippen LogP contribution in [0.4, 0.5) is 0 Å². The lowest BCUT2D eigenvalue weighted by atomic mass is 9.95. The van der Waals surface area contributed by atoms with Crippen molar-refractivity contribution in [1.29, 1.82) is 0 Å². The molecular formula is C22H24O3. The van der Waals surface area contributed by atoms with Crippen LogP contribution in [0.15, 0.2) is 48.5 Å². The van der Waals surface area contributed by atoms with Gasteiger partial charge in [0.05, 0.1) is 12.3 Å². The first-order valence-corrected chi connectivity index (χ1v) is 8.46. The van der Waals surface area contributed by atoms with Crippen molar-refractivity contribution in [3.8, 4) is 17.6 Å². The Morgan fingerprint density at radius 3 is 2.36 bits per heavy atom. The Balaban J connectivity index is 2.07. The van der Waals surface area contributed by atoms with Gasteiger partial charge in [-0.15, -0.1) is 0 Å². The van der Waals surface area contributed by atoms with Crippen LogP contribution in [0.2, 0.25) is 0 Å². The fraction of sp³-hybridized carbons (Fsp3) is 0.318. The van der Waals surface area contributed by atoms with Crippen molar-refractivity contribution < 1.29 is 14.6 Å². The quantitative estimate of drug-likeness (QED) is 0.771. The average molecular weight is 336 g/mol. The number of hydrogen-bond acceptors (Lipinski definition) is 2. The molecule has 130 valence electrons. The Morgan fingerprint density at radius 2 is 1.76 bits per heavy atom. The molecule has 0 aliphatic rings. The van der Waals surface area contributed by atoms with E-state index >= 15 is 0 Å². The summed E-state index contributed by atoms with van der Waals surface area (Å²) in [6.45, 7) is 6.56. The Hall–Kier alpha value is -2.73. The maximum Gasteiger partial charge on any atom is 0.304 e. The van der Waals surface area contributed by atoms with Crippen molar-refractivity contribution in [2.75, 3.05) is 0 Å². The third kappa shape index (κ3) is 6.00. The summed E-state index contributed by atoms with van der Waals surface area (Å²) >= 11 is 0. The van der Waals surface area contributed by atoms with Gasteiger partial charge in [0, 0.05) is 5.92 Å². The monoisotopic (exact) mass is 336 g/mol. The fourth-order valence-electron chi connectivity index (χ4n) is 2.42. The van der Waals surface area contributed by atoms with Crippen LogP contribution >= 0.6 is 0 Å². The first-order valence-electron chi connectivity index (χ1n) is 8.46. The minimum absolute atomic E-state index is 0.00311. The summed E-state index contributed by atoms with van der Waals surface area (Å²) in [5, 5.41) is 9.11. The molecule has 1 N–H and O–H groups in total. The molecule has 0 spiro atoms. The zero-order valence-corrected chi connectivity index (χ0v) is 15.0. The highest BCUT2D eigenvalue weighted by Gasteiger charge is 2.13. The highest BCUT2D eigenvalue weighted by atomic mass is 16.5. The number of carboxylic acids is 1. The van der Waals surface area contributed by atoms with E-state index in [1.54, 1.807) is 0 Å². The van der Waals surface area contributed by atoms with Gasteiger partial charge in [-0.1, -0.05) is 62.1 Å². The number of ether oxygens (including phenoxy) is 1. The summed E-state index contributed by atoms with van der Waals surface area (Å²) in [6.07, 6.45) is 0.00311. The Morgan fingerprint density at radius 1 is 1.08 bits per heavy atom. The molecular weight excluding hydrogens is 312 g/mol. The largest absolute Gasteiger partial charge is 0.489 e. The molecule has 2 aromatic rings. The second-order valence-electron chi connectivity index (χ2n) is 6.38. The SMILES string of the molecule is Cc1ccccc1COc1ccc(C(C#CC(C)C)CC(=O)O)cc1. The van der Waals surface area contributed by atoms with E-state index in [1.165, 1.54) is 5.56 Å². The predicted octanol–water partition coefficient (Wildman–Crippen LogP) is 4.79. The normalized spacial score (nSPS) is 11.5. The molecule has 25 heavy (non-hydrogen) atoms. The van der Waals surface area contributed by atoms with E-state index in [-0.39, 0.29) is 18.3 Å². The molecule has 0 amide bonds. The first-order chi connectivity index (χ1) is 12.0. The second-order valence-corrected chi connectivity index (χ2v) is 6.38. The highest BCUT2D eigenvalue weighted by molar-refractivity contribution is 5.69. The molecule has 1 atom stereocenters. The van der Waals surface area contributed by atoms with Crippen LogP contribution in [0.3, 0.4) is 0 Å². The van der Waals surface area contributed by atoms with Crippen molar-refractivity contribution in [2.45, 2.75) is 39.7 Å². The standard InChI is InChI=1S/C22H24O3/c1-16(2)8-9-19(14-22(23)24)18-10-12-21(13-11-18)25-15-20-7-5-4-6-17(20)3/h4-7,10-13,16,19H,14-15H2,1-3H3,(H,23,24). The number of aliphatic carboxylic acids is 1. The molecule has 2 aromatic carbocycles. The molecule has 0 aromatic heterocycles. The minimum atomic E-state index is -0.845. The summed E-state index contributed by atoms with van der Waals surface area (Å²) in [5.41, 5.74) is 3.25. The lowest BCUT2D eigenvalue weighted by molar-refractivity contribution is -0.137. The van der Waals surface area contributed by atoms with Crippen molar-refractivity contribution in [3.05, 3.63) is 65.2 Å². The van der Waals surface area contributed by atoms with Crippen LogP contribution in [-0.4, -0.2) is 11.1 Å². The fourth-order valence-corrected chi connectivity index (χ4v) is 2.42. The second kappa shape index (κ2) is 8.94. The number of benzene rings is 2. The molecule has 0 radical (unpaired) electrons. The van der Waals surface area contributed by atoms with E-state index < -0.39 is 5.97 Å². The molecule has 3 heteroatoms. The lowest BCUT2D eigenvalue weighted by Crippen LogP contribution is -2.05. The van der Waals surface area contributed by atoms with Gasteiger partial charge in [0.25, 0.3) is 0 Å². The molecule has 0 aliphatic carbocycles. The molecule has 0 aliphatic heterocycles. The molecule has 0 heterocycles. The number of carbonyl (C=O) groups is 1. The zero-order chi connectivity index (χ0) is 18.2. The van der Waals surface area contributed by atoms with Gasteiger partial charge in [-0.25, -0.2) is 0 Å². The van der Waals surface area contributed by atoms with E-state index in [0.717, 1.165) is 16.9 Å². The van der Waals surface area contributed by atoms with Crippen molar-refractivity contribution >= 4 is 5.97 Å². The lowest BCUT2D eigenvalue weighted by Gasteiger charge is -2.12. The summed E-state index contributed by atoms with van der Waals surface area (Å²) in [7, 11) is 0. The number of aryl methyl sites for hydroxylation is 1. The van der Waals surface area contributed by atoms with Gasteiger partial charge in [-0.2, -0.15) is 0 Å². The summed E-state index contributed by atoms with van der Waals surface area (Å²) in [5.74, 6) is 5.98. The summed E-state index contributed by atoms with van der Waals surface area (Å²) in [4.78, 5) is 11.1. The van der Waals surface area contributed by atoms with E-state index in [1.807, 2.05) is 56.3 Å². The molecule has 1 unspecified atom stereocenters. The average Bonchev–Trinajstić information content (AvgIpc) is 2.58. The van der Waals surface area contributed by atoms with Crippen LogP contribution in [0.1, 0.15) is 42.9 Å². The van der Waals surface area contributed by atoms with Gasteiger partial charge >= 0.3 is 5.97 Å². The maximum atomic E-state index is 11.1. The topological polar surface area (TPSA) is 46.5 Å². The van der Waals surface area contributed by atoms with Gasteiger partial charge < -0.3 is 9.84 Å². The summed E-state index contributed by atoms with van der Waals surface area (Å²) in [6, 6.07) is 15.7. The molecule has 0 fully saturated rings. The Bertz CT molecular complexity index is 764. The molecule has 3 nitrogen and oxygen atoms in total. The third-order valence-electron chi connectivity index (χ3n) is 3.86. The maximum absolute atomic E-state index is 11.1. The molecule has 0 saturated carbocycles. The van der Waals surface area contributed by atoms with Crippen LogP contribution in [0.5, 0.6) is 5.75 Å². The van der Waals surface area contributed by atoms with Gasteiger partial charge in [0.1, 0.15) is 12.4 Å². The Kier molecular flexibility index (Phi) is 6.65. The van der Waals surface area contributed by atoms with Crippen LogP contribution in [-0.2, 0) is 11.4 Å². The third-order valence-corrected chi connectivity index (χ3v) is 3.86. The van der Waals surface area contributed by atoms with Gasteiger partial charge in [0.15, 0.2) is 0 Å². The van der Waals surface area contributed by atoms with Gasteiger partial charge in [0.2, 0.25) is 0 Å². The van der Waals surface area contributed by atoms with Gasteiger partial charge in [-0.05, 0) is 35.7 Å².